The van der Waals surface area contributed by atoms with E-state index in [-0.39, 0.29) is 17.9 Å². The molecule has 2 aliphatic heterocycles. The third kappa shape index (κ3) is 8.46. The molecule has 0 aliphatic carbocycles. The lowest BCUT2D eigenvalue weighted by Gasteiger charge is -2.43. The SMILES string of the molecule is CCCNC(=O)N[C@H](CC(C)C(NNC)=C(C)C)C(=O)N1CCN(C2CCN(C)CC2)CC1. The summed E-state index contributed by atoms with van der Waals surface area (Å²) in [6.07, 6.45) is 3.81. The molecule has 0 aromatic heterocycles. The van der Waals surface area contributed by atoms with Gasteiger partial charge in [-0.25, -0.2) is 10.2 Å². The Labute approximate surface area is 200 Å². The van der Waals surface area contributed by atoms with E-state index in [1.165, 1.54) is 12.8 Å². The van der Waals surface area contributed by atoms with Crippen LogP contribution in [0.5, 0.6) is 0 Å². The quantitative estimate of drug-likeness (QED) is 0.364. The number of piperidine rings is 1. The summed E-state index contributed by atoms with van der Waals surface area (Å²) in [7, 11) is 4.02. The van der Waals surface area contributed by atoms with Crippen LogP contribution in [0.3, 0.4) is 0 Å². The van der Waals surface area contributed by atoms with Crippen LogP contribution in [0.2, 0.25) is 0 Å². The third-order valence-corrected chi connectivity index (χ3v) is 6.85. The van der Waals surface area contributed by atoms with Crippen LogP contribution in [0.25, 0.3) is 0 Å². The molecule has 2 fully saturated rings. The highest BCUT2D eigenvalue weighted by Crippen LogP contribution is 2.21. The first-order valence-electron chi connectivity index (χ1n) is 12.6. The fourth-order valence-electron chi connectivity index (χ4n) is 4.90. The van der Waals surface area contributed by atoms with E-state index in [4.69, 9.17) is 0 Å². The third-order valence-electron chi connectivity index (χ3n) is 6.85. The number of nitrogens with zero attached hydrogens (tertiary/aromatic N) is 3. The van der Waals surface area contributed by atoms with Crippen molar-refractivity contribution in [3.05, 3.63) is 11.3 Å². The average molecular weight is 466 g/mol. The van der Waals surface area contributed by atoms with Crippen molar-refractivity contribution in [2.75, 3.05) is 59.9 Å². The Kier molecular flexibility index (Phi) is 11.4. The van der Waals surface area contributed by atoms with Crippen molar-refractivity contribution < 1.29 is 9.59 Å². The Morgan fingerprint density at radius 2 is 1.67 bits per heavy atom. The van der Waals surface area contributed by atoms with Gasteiger partial charge in [-0.05, 0) is 65.6 Å². The average Bonchev–Trinajstić information content (AvgIpc) is 2.80. The second kappa shape index (κ2) is 13.8. The van der Waals surface area contributed by atoms with Gasteiger partial charge in [0, 0.05) is 51.5 Å². The normalized spacial score (nSPS) is 20.1. The zero-order valence-electron chi connectivity index (χ0n) is 21.7. The fourth-order valence-corrected chi connectivity index (χ4v) is 4.90. The van der Waals surface area contributed by atoms with Gasteiger partial charge in [0.15, 0.2) is 0 Å². The molecule has 2 aliphatic rings. The number of piperazine rings is 1. The van der Waals surface area contributed by atoms with Crippen LogP contribution in [0.4, 0.5) is 4.79 Å². The van der Waals surface area contributed by atoms with Gasteiger partial charge in [-0.15, -0.1) is 0 Å². The number of nitrogens with one attached hydrogen (secondary N) is 4. The van der Waals surface area contributed by atoms with Gasteiger partial charge in [0.2, 0.25) is 5.91 Å². The zero-order chi connectivity index (χ0) is 24.4. The lowest BCUT2D eigenvalue weighted by Crippen LogP contribution is -2.58. The molecule has 2 rings (SSSR count). The second-order valence-electron chi connectivity index (χ2n) is 9.77. The number of carbonyl (C=O) groups is 2. The molecule has 190 valence electrons. The molecule has 0 bridgehead atoms. The molecule has 0 radical (unpaired) electrons. The minimum atomic E-state index is -0.556. The van der Waals surface area contributed by atoms with Crippen molar-refractivity contribution in [1.82, 2.24) is 36.2 Å². The maximum Gasteiger partial charge on any atom is 0.315 e. The lowest BCUT2D eigenvalue weighted by molar-refractivity contribution is -0.135. The van der Waals surface area contributed by atoms with Crippen molar-refractivity contribution in [3.63, 3.8) is 0 Å². The molecule has 4 N–H and O–H groups in total. The van der Waals surface area contributed by atoms with Crippen LogP contribution < -0.4 is 21.5 Å². The second-order valence-corrected chi connectivity index (χ2v) is 9.77. The highest BCUT2D eigenvalue weighted by Gasteiger charge is 2.33. The van der Waals surface area contributed by atoms with Crippen molar-refractivity contribution in [2.45, 2.75) is 65.5 Å². The first-order chi connectivity index (χ1) is 15.8. The van der Waals surface area contributed by atoms with E-state index >= 15 is 0 Å². The maximum atomic E-state index is 13.5. The predicted octanol–water partition coefficient (Wildman–Crippen LogP) is 1.35. The molecule has 9 heteroatoms. The monoisotopic (exact) mass is 465 g/mol. The van der Waals surface area contributed by atoms with E-state index in [2.05, 4.69) is 59.1 Å². The Bertz CT molecular complexity index is 649. The van der Waals surface area contributed by atoms with E-state index in [9.17, 15) is 9.59 Å². The van der Waals surface area contributed by atoms with E-state index in [1.807, 2.05) is 18.9 Å². The molecular formula is C24H47N7O2. The maximum absolute atomic E-state index is 13.5. The van der Waals surface area contributed by atoms with Crippen molar-refractivity contribution in [2.24, 2.45) is 5.92 Å². The molecule has 3 amide bonds. The standard InChI is InChI=1S/C24H47N7O2/c1-7-10-26-24(33)27-21(17-19(4)22(18(2)3)28-25-5)23(32)31-15-13-30(14-16-31)20-8-11-29(6)12-9-20/h19-21,25,28H,7-17H2,1-6H3,(H2,26,27,33)/t19?,21-/m1/s1. The minimum Gasteiger partial charge on any atom is -0.338 e. The highest BCUT2D eigenvalue weighted by atomic mass is 16.2. The molecule has 2 atom stereocenters. The van der Waals surface area contributed by atoms with Crippen LogP contribution in [0.1, 0.15) is 53.4 Å². The van der Waals surface area contributed by atoms with Gasteiger partial charge in [-0.3, -0.25) is 9.69 Å². The van der Waals surface area contributed by atoms with Gasteiger partial charge >= 0.3 is 6.03 Å². The molecule has 33 heavy (non-hydrogen) atoms. The van der Waals surface area contributed by atoms with Gasteiger partial charge in [-0.2, -0.15) is 0 Å². The number of hydrazine groups is 1. The number of hydrogen-bond acceptors (Lipinski definition) is 6. The fraction of sp³-hybridized carbons (Fsp3) is 0.833. The lowest BCUT2D eigenvalue weighted by atomic mass is 9.95. The van der Waals surface area contributed by atoms with Crippen molar-refractivity contribution in [3.8, 4) is 0 Å². The largest absolute Gasteiger partial charge is 0.338 e. The number of carbonyl (C=O) groups excluding carboxylic acids is 2. The van der Waals surface area contributed by atoms with Gasteiger partial charge in [0.05, 0.1) is 0 Å². The molecule has 0 aromatic rings. The van der Waals surface area contributed by atoms with Crippen LogP contribution in [0.15, 0.2) is 11.3 Å². The molecule has 2 heterocycles. The van der Waals surface area contributed by atoms with E-state index in [0.717, 1.165) is 57.0 Å². The molecule has 0 saturated carbocycles. The summed E-state index contributed by atoms with van der Waals surface area (Å²) in [6.45, 7) is 14.4. The summed E-state index contributed by atoms with van der Waals surface area (Å²) in [5, 5.41) is 5.82. The summed E-state index contributed by atoms with van der Waals surface area (Å²) in [5.74, 6) is 0.109. The number of urea groups is 1. The highest BCUT2D eigenvalue weighted by molar-refractivity contribution is 5.87. The van der Waals surface area contributed by atoms with Gasteiger partial charge < -0.3 is 25.9 Å². The summed E-state index contributed by atoms with van der Waals surface area (Å²) in [6, 6.07) is -0.201. The summed E-state index contributed by atoms with van der Waals surface area (Å²) >= 11 is 0. The first-order valence-corrected chi connectivity index (χ1v) is 12.6. The molecule has 0 spiro atoms. The van der Waals surface area contributed by atoms with Gasteiger partial charge in [0.25, 0.3) is 0 Å². The molecule has 2 saturated heterocycles. The number of amides is 3. The first kappa shape index (κ1) is 27.4. The van der Waals surface area contributed by atoms with Crippen LogP contribution >= 0.6 is 0 Å². The Morgan fingerprint density at radius 3 is 2.21 bits per heavy atom. The topological polar surface area (TPSA) is 92.0 Å². The zero-order valence-corrected chi connectivity index (χ0v) is 21.7. The molecule has 0 aromatic carbocycles. The van der Waals surface area contributed by atoms with Crippen LogP contribution in [-0.4, -0.2) is 98.6 Å². The van der Waals surface area contributed by atoms with Crippen molar-refractivity contribution >= 4 is 11.9 Å². The Balaban J connectivity index is 2.02. The number of likely N-dealkylation sites (tertiary alicyclic amines) is 1. The predicted molar refractivity (Wildman–Crippen MR) is 134 cm³/mol. The van der Waals surface area contributed by atoms with Crippen LogP contribution in [0, 0.1) is 5.92 Å². The Morgan fingerprint density at radius 1 is 1.03 bits per heavy atom. The van der Waals surface area contributed by atoms with E-state index in [1.54, 1.807) is 0 Å². The summed E-state index contributed by atoms with van der Waals surface area (Å²) in [4.78, 5) is 32.9. The summed E-state index contributed by atoms with van der Waals surface area (Å²) in [5.41, 5.74) is 8.41. The van der Waals surface area contributed by atoms with Gasteiger partial charge in [-0.1, -0.05) is 19.4 Å². The molecule has 9 nitrogen and oxygen atoms in total. The number of hydrogen-bond donors (Lipinski definition) is 4. The van der Waals surface area contributed by atoms with Gasteiger partial charge in [0.1, 0.15) is 6.04 Å². The van der Waals surface area contributed by atoms with E-state index < -0.39 is 6.04 Å². The molecular weight excluding hydrogens is 418 g/mol. The minimum absolute atomic E-state index is 0.0223. The Hall–Kier alpha value is -1.84. The van der Waals surface area contributed by atoms with Crippen LogP contribution in [-0.2, 0) is 4.79 Å². The van der Waals surface area contributed by atoms with Crippen molar-refractivity contribution in [1.29, 1.82) is 0 Å². The van der Waals surface area contributed by atoms with E-state index in [0.29, 0.717) is 19.0 Å². The molecule has 1 unspecified atom stereocenters. The number of rotatable bonds is 10. The summed E-state index contributed by atoms with van der Waals surface area (Å²) < 4.78 is 0. The number of allylic oxidation sites excluding steroid dienone is 2. The smallest absolute Gasteiger partial charge is 0.315 e.